The Balaban J connectivity index is 2.85. The number of carboxylic acids is 1. The number of benzene rings is 1. The van der Waals surface area contributed by atoms with Crippen LogP contribution in [0.25, 0.3) is 0 Å². The van der Waals surface area contributed by atoms with E-state index >= 15 is 0 Å². The Hall–Kier alpha value is -1.71. The molecule has 0 fully saturated rings. The Morgan fingerprint density at radius 2 is 1.94 bits per heavy atom. The molecule has 0 amide bonds. The summed E-state index contributed by atoms with van der Waals surface area (Å²) < 4.78 is 5.35. The predicted octanol–water partition coefficient (Wildman–Crippen LogP) is 2.38. The van der Waals surface area contributed by atoms with Gasteiger partial charge in [0.25, 0.3) is 0 Å². The van der Waals surface area contributed by atoms with Crippen LogP contribution in [0.5, 0.6) is 5.75 Å². The zero-order valence-electron chi connectivity index (χ0n) is 10.5. The SMILES string of the molecule is CCOc1ccc(N(CC)[C@@H](C)C(=O)O)cc1. The minimum absolute atomic E-state index is 0.530. The van der Waals surface area contributed by atoms with Gasteiger partial charge in [0.2, 0.25) is 0 Å². The number of carboxylic acid groups (broad SMARTS) is 1. The molecule has 1 aromatic carbocycles. The Morgan fingerprint density at radius 1 is 1.35 bits per heavy atom. The minimum Gasteiger partial charge on any atom is -0.494 e. The average Bonchev–Trinajstić information content (AvgIpc) is 2.32. The molecule has 94 valence electrons. The van der Waals surface area contributed by atoms with Crippen LogP contribution in [0.15, 0.2) is 24.3 Å². The van der Waals surface area contributed by atoms with Crippen LogP contribution in [0.2, 0.25) is 0 Å². The highest BCUT2D eigenvalue weighted by atomic mass is 16.5. The summed E-state index contributed by atoms with van der Waals surface area (Å²) in [6.45, 7) is 6.83. The van der Waals surface area contributed by atoms with Gasteiger partial charge in [-0.05, 0) is 45.0 Å². The molecule has 1 aromatic rings. The fourth-order valence-electron chi connectivity index (χ4n) is 1.71. The molecule has 0 aliphatic rings. The van der Waals surface area contributed by atoms with E-state index in [-0.39, 0.29) is 0 Å². The van der Waals surface area contributed by atoms with Gasteiger partial charge in [0, 0.05) is 12.2 Å². The molecule has 0 saturated carbocycles. The molecule has 0 radical (unpaired) electrons. The van der Waals surface area contributed by atoms with Gasteiger partial charge in [-0.1, -0.05) is 0 Å². The van der Waals surface area contributed by atoms with Crippen LogP contribution in [0.1, 0.15) is 20.8 Å². The normalized spacial score (nSPS) is 11.9. The summed E-state index contributed by atoms with van der Waals surface area (Å²) in [6, 6.07) is 6.95. The monoisotopic (exact) mass is 237 g/mol. The number of aliphatic carboxylic acids is 1. The second kappa shape index (κ2) is 6.13. The van der Waals surface area contributed by atoms with Crippen LogP contribution < -0.4 is 9.64 Å². The molecule has 1 atom stereocenters. The number of ether oxygens (including phenoxy) is 1. The fourth-order valence-corrected chi connectivity index (χ4v) is 1.71. The summed E-state index contributed by atoms with van der Waals surface area (Å²) in [7, 11) is 0. The first-order valence-electron chi connectivity index (χ1n) is 5.82. The lowest BCUT2D eigenvalue weighted by atomic mass is 10.2. The van der Waals surface area contributed by atoms with Crippen molar-refractivity contribution in [1.82, 2.24) is 0 Å². The van der Waals surface area contributed by atoms with E-state index in [2.05, 4.69) is 0 Å². The van der Waals surface area contributed by atoms with Crippen LogP contribution >= 0.6 is 0 Å². The third-order valence-corrected chi connectivity index (χ3v) is 2.64. The first-order valence-corrected chi connectivity index (χ1v) is 5.82. The molecule has 0 aliphatic heterocycles. The second-order valence-corrected chi connectivity index (χ2v) is 3.73. The lowest BCUT2D eigenvalue weighted by Gasteiger charge is -2.27. The second-order valence-electron chi connectivity index (χ2n) is 3.73. The summed E-state index contributed by atoms with van der Waals surface area (Å²) in [5.74, 6) is -0.0176. The van der Waals surface area contributed by atoms with Crippen LogP contribution in [-0.2, 0) is 4.79 Å². The van der Waals surface area contributed by atoms with E-state index in [0.717, 1.165) is 11.4 Å². The molecule has 0 aliphatic carbocycles. The van der Waals surface area contributed by atoms with Crippen LogP contribution in [-0.4, -0.2) is 30.3 Å². The quantitative estimate of drug-likeness (QED) is 0.825. The Labute approximate surface area is 102 Å². The standard InChI is InChI=1S/C13H19NO3/c1-4-14(10(3)13(15)16)11-6-8-12(9-7-11)17-5-2/h6-10H,4-5H2,1-3H3,(H,15,16)/t10-/m0/s1. The number of nitrogens with zero attached hydrogens (tertiary/aromatic N) is 1. The van der Waals surface area contributed by atoms with E-state index in [4.69, 9.17) is 9.84 Å². The lowest BCUT2D eigenvalue weighted by Crippen LogP contribution is -2.38. The number of hydrogen-bond acceptors (Lipinski definition) is 3. The molecular formula is C13H19NO3. The van der Waals surface area contributed by atoms with Gasteiger partial charge in [0.1, 0.15) is 11.8 Å². The lowest BCUT2D eigenvalue weighted by molar-refractivity contribution is -0.138. The van der Waals surface area contributed by atoms with Gasteiger partial charge in [-0.2, -0.15) is 0 Å². The van der Waals surface area contributed by atoms with Crippen molar-refractivity contribution in [2.24, 2.45) is 0 Å². The third-order valence-electron chi connectivity index (χ3n) is 2.64. The number of anilines is 1. The number of likely N-dealkylation sites (N-methyl/N-ethyl adjacent to an activating group) is 1. The van der Waals surface area contributed by atoms with Gasteiger partial charge in [-0.15, -0.1) is 0 Å². The highest BCUT2D eigenvalue weighted by molar-refractivity contribution is 5.77. The van der Waals surface area contributed by atoms with Crippen molar-refractivity contribution in [3.8, 4) is 5.75 Å². The van der Waals surface area contributed by atoms with Crippen molar-refractivity contribution in [3.05, 3.63) is 24.3 Å². The molecule has 1 rings (SSSR count). The van der Waals surface area contributed by atoms with E-state index in [1.807, 2.05) is 43.0 Å². The molecule has 0 spiro atoms. The van der Waals surface area contributed by atoms with E-state index in [1.165, 1.54) is 0 Å². The number of hydrogen-bond donors (Lipinski definition) is 1. The van der Waals surface area contributed by atoms with Gasteiger partial charge in [-0.25, -0.2) is 4.79 Å². The minimum atomic E-state index is -0.819. The van der Waals surface area contributed by atoms with Gasteiger partial charge >= 0.3 is 5.97 Å². The maximum Gasteiger partial charge on any atom is 0.326 e. The molecule has 0 bridgehead atoms. The molecule has 0 heterocycles. The van der Waals surface area contributed by atoms with Gasteiger partial charge < -0.3 is 14.7 Å². The van der Waals surface area contributed by atoms with Crippen molar-refractivity contribution >= 4 is 11.7 Å². The molecule has 1 N–H and O–H groups in total. The van der Waals surface area contributed by atoms with Crippen molar-refractivity contribution < 1.29 is 14.6 Å². The molecule has 17 heavy (non-hydrogen) atoms. The first kappa shape index (κ1) is 13.4. The summed E-state index contributed by atoms with van der Waals surface area (Å²) in [6.07, 6.45) is 0. The van der Waals surface area contributed by atoms with Crippen molar-refractivity contribution in [1.29, 1.82) is 0 Å². The number of carbonyl (C=O) groups is 1. The largest absolute Gasteiger partial charge is 0.494 e. The maximum atomic E-state index is 11.0. The highest BCUT2D eigenvalue weighted by Crippen LogP contribution is 2.21. The Bertz CT molecular complexity index is 361. The van der Waals surface area contributed by atoms with Gasteiger partial charge in [0.15, 0.2) is 0 Å². The molecule has 4 heteroatoms. The third kappa shape index (κ3) is 3.37. The molecule has 0 saturated heterocycles. The zero-order valence-corrected chi connectivity index (χ0v) is 10.5. The average molecular weight is 237 g/mol. The summed E-state index contributed by atoms with van der Waals surface area (Å²) >= 11 is 0. The zero-order chi connectivity index (χ0) is 12.8. The predicted molar refractivity (Wildman–Crippen MR) is 67.7 cm³/mol. The van der Waals surface area contributed by atoms with Crippen LogP contribution in [0.3, 0.4) is 0 Å². The van der Waals surface area contributed by atoms with E-state index in [1.54, 1.807) is 6.92 Å². The molecular weight excluding hydrogens is 218 g/mol. The van der Waals surface area contributed by atoms with Crippen molar-refractivity contribution in [2.75, 3.05) is 18.1 Å². The van der Waals surface area contributed by atoms with Crippen molar-refractivity contribution in [2.45, 2.75) is 26.8 Å². The molecule has 0 aromatic heterocycles. The van der Waals surface area contributed by atoms with Crippen molar-refractivity contribution in [3.63, 3.8) is 0 Å². The van der Waals surface area contributed by atoms with E-state index < -0.39 is 12.0 Å². The number of rotatable bonds is 6. The molecule has 0 unspecified atom stereocenters. The summed E-state index contributed by atoms with van der Waals surface area (Å²) in [5.41, 5.74) is 0.894. The highest BCUT2D eigenvalue weighted by Gasteiger charge is 2.19. The maximum absolute atomic E-state index is 11.0. The van der Waals surface area contributed by atoms with Gasteiger partial charge in [-0.3, -0.25) is 0 Å². The Kier molecular flexibility index (Phi) is 4.82. The van der Waals surface area contributed by atoms with Crippen LogP contribution in [0.4, 0.5) is 5.69 Å². The summed E-state index contributed by atoms with van der Waals surface area (Å²) in [4.78, 5) is 12.8. The smallest absolute Gasteiger partial charge is 0.326 e. The topological polar surface area (TPSA) is 49.8 Å². The first-order chi connectivity index (χ1) is 8.10. The Morgan fingerprint density at radius 3 is 2.35 bits per heavy atom. The van der Waals surface area contributed by atoms with E-state index in [0.29, 0.717) is 13.2 Å². The van der Waals surface area contributed by atoms with Crippen LogP contribution in [0, 0.1) is 0 Å². The molecule has 4 nitrogen and oxygen atoms in total. The van der Waals surface area contributed by atoms with Gasteiger partial charge in [0.05, 0.1) is 6.61 Å². The summed E-state index contributed by atoms with van der Waals surface area (Å²) in [5, 5.41) is 9.02. The fraction of sp³-hybridized carbons (Fsp3) is 0.462. The van der Waals surface area contributed by atoms with E-state index in [9.17, 15) is 4.79 Å².